The molecule has 1 aromatic rings. The maximum Gasteiger partial charge on any atom is 0.317 e. The molecule has 1 saturated carbocycles. The number of methoxy groups -OCH3 is 1. The number of nitrogens with one attached hydrogen (secondary N) is 1. The van der Waals surface area contributed by atoms with E-state index in [2.05, 4.69) is 15.3 Å². The minimum absolute atomic E-state index is 0.101. The van der Waals surface area contributed by atoms with Crippen LogP contribution in [0.5, 0.6) is 5.88 Å². The summed E-state index contributed by atoms with van der Waals surface area (Å²) >= 11 is 0. The zero-order valence-electron chi connectivity index (χ0n) is 11.7. The van der Waals surface area contributed by atoms with E-state index in [-0.39, 0.29) is 12.6 Å². The lowest BCUT2D eigenvalue weighted by molar-refractivity contribution is -0.139. The standard InChI is InChI=1S/C13H20N4O3/c1-3-17(8-12(18)19)10-6-9(7-10)15-13-14-5-4-11(16-13)20-2/h4-5,9-10H,3,6-8H2,1-2H3,(H,18,19)(H,14,15,16). The Hall–Kier alpha value is -1.89. The van der Waals surface area contributed by atoms with Crippen molar-refractivity contribution >= 4 is 11.9 Å². The van der Waals surface area contributed by atoms with Crippen molar-refractivity contribution < 1.29 is 14.6 Å². The van der Waals surface area contributed by atoms with Gasteiger partial charge in [-0.05, 0) is 19.4 Å². The average Bonchev–Trinajstić information content (AvgIpc) is 2.40. The third-order valence-corrected chi connectivity index (χ3v) is 3.55. The van der Waals surface area contributed by atoms with Gasteiger partial charge >= 0.3 is 5.97 Å². The van der Waals surface area contributed by atoms with Gasteiger partial charge in [-0.1, -0.05) is 6.92 Å². The molecule has 110 valence electrons. The highest BCUT2D eigenvalue weighted by molar-refractivity contribution is 5.69. The molecule has 0 bridgehead atoms. The van der Waals surface area contributed by atoms with Crippen molar-refractivity contribution in [3.63, 3.8) is 0 Å². The number of likely N-dealkylation sites (N-methyl/N-ethyl adjacent to an activating group) is 1. The number of hydrogen-bond donors (Lipinski definition) is 2. The second kappa shape index (κ2) is 6.51. The molecule has 0 unspecified atom stereocenters. The van der Waals surface area contributed by atoms with Gasteiger partial charge in [-0.15, -0.1) is 0 Å². The second-order valence-electron chi connectivity index (χ2n) is 4.85. The molecule has 0 radical (unpaired) electrons. The van der Waals surface area contributed by atoms with Crippen LogP contribution in [0.2, 0.25) is 0 Å². The van der Waals surface area contributed by atoms with Crippen molar-refractivity contribution in [2.75, 3.05) is 25.5 Å². The van der Waals surface area contributed by atoms with Crippen LogP contribution in [0.15, 0.2) is 12.3 Å². The van der Waals surface area contributed by atoms with Crippen LogP contribution in [0, 0.1) is 0 Å². The molecule has 1 aliphatic carbocycles. The summed E-state index contributed by atoms with van der Waals surface area (Å²) in [6.07, 6.45) is 3.45. The fourth-order valence-corrected chi connectivity index (χ4v) is 2.38. The molecular formula is C13H20N4O3. The first kappa shape index (κ1) is 14.5. The van der Waals surface area contributed by atoms with E-state index in [1.165, 1.54) is 0 Å². The van der Waals surface area contributed by atoms with Crippen molar-refractivity contribution in [1.82, 2.24) is 14.9 Å². The average molecular weight is 280 g/mol. The highest BCUT2D eigenvalue weighted by atomic mass is 16.5. The molecule has 2 N–H and O–H groups in total. The van der Waals surface area contributed by atoms with Gasteiger partial charge in [0.15, 0.2) is 0 Å². The Morgan fingerprint density at radius 2 is 2.35 bits per heavy atom. The molecule has 0 aromatic carbocycles. The molecule has 7 nitrogen and oxygen atoms in total. The number of carboxylic acid groups (broad SMARTS) is 1. The first-order valence-corrected chi connectivity index (χ1v) is 6.71. The SMILES string of the molecule is CCN(CC(=O)O)C1CC(Nc2nccc(OC)n2)C1. The number of anilines is 1. The van der Waals surface area contributed by atoms with E-state index in [1.807, 2.05) is 11.8 Å². The van der Waals surface area contributed by atoms with Crippen molar-refractivity contribution in [2.45, 2.75) is 31.8 Å². The van der Waals surface area contributed by atoms with E-state index in [9.17, 15) is 4.79 Å². The maximum absolute atomic E-state index is 10.8. The number of nitrogens with zero attached hydrogens (tertiary/aromatic N) is 3. The molecule has 0 amide bonds. The van der Waals surface area contributed by atoms with Gasteiger partial charge in [0.2, 0.25) is 11.8 Å². The van der Waals surface area contributed by atoms with E-state index < -0.39 is 5.97 Å². The molecule has 1 heterocycles. The number of aliphatic carboxylic acids is 1. The van der Waals surface area contributed by atoms with Gasteiger partial charge in [0.1, 0.15) is 0 Å². The zero-order chi connectivity index (χ0) is 14.5. The van der Waals surface area contributed by atoms with Gasteiger partial charge in [-0.25, -0.2) is 4.98 Å². The number of aromatic nitrogens is 2. The highest BCUT2D eigenvalue weighted by Gasteiger charge is 2.34. The lowest BCUT2D eigenvalue weighted by Crippen LogP contribution is -2.51. The summed E-state index contributed by atoms with van der Waals surface area (Å²) < 4.78 is 5.04. The molecule has 1 aliphatic rings. The molecule has 0 aliphatic heterocycles. The van der Waals surface area contributed by atoms with E-state index in [4.69, 9.17) is 9.84 Å². The quantitative estimate of drug-likeness (QED) is 0.765. The van der Waals surface area contributed by atoms with Crippen molar-refractivity contribution in [2.24, 2.45) is 0 Å². The summed E-state index contributed by atoms with van der Waals surface area (Å²) in [7, 11) is 1.57. The number of ether oxygens (including phenoxy) is 1. The summed E-state index contributed by atoms with van der Waals surface area (Å²) in [5.41, 5.74) is 0. The van der Waals surface area contributed by atoms with E-state index in [1.54, 1.807) is 19.4 Å². The molecular weight excluding hydrogens is 260 g/mol. The molecule has 0 spiro atoms. The monoisotopic (exact) mass is 280 g/mol. The number of rotatable bonds is 7. The van der Waals surface area contributed by atoms with E-state index in [0.717, 1.165) is 19.4 Å². The highest BCUT2D eigenvalue weighted by Crippen LogP contribution is 2.27. The van der Waals surface area contributed by atoms with Gasteiger partial charge in [0.05, 0.1) is 13.7 Å². The Balaban J connectivity index is 1.82. The minimum atomic E-state index is -0.778. The Morgan fingerprint density at radius 3 is 2.95 bits per heavy atom. The third kappa shape index (κ3) is 3.57. The molecule has 7 heteroatoms. The first-order valence-electron chi connectivity index (χ1n) is 6.71. The third-order valence-electron chi connectivity index (χ3n) is 3.55. The van der Waals surface area contributed by atoms with Gasteiger partial charge in [0, 0.05) is 24.3 Å². The molecule has 0 saturated heterocycles. The fourth-order valence-electron chi connectivity index (χ4n) is 2.38. The predicted molar refractivity (Wildman–Crippen MR) is 73.9 cm³/mol. The predicted octanol–water partition coefficient (Wildman–Crippen LogP) is 0.835. The summed E-state index contributed by atoms with van der Waals surface area (Å²) in [6, 6.07) is 2.30. The number of carboxylic acids is 1. The largest absolute Gasteiger partial charge is 0.481 e. The summed E-state index contributed by atoms with van der Waals surface area (Å²) in [5, 5.41) is 12.1. The van der Waals surface area contributed by atoms with Crippen LogP contribution in [0.4, 0.5) is 5.95 Å². The van der Waals surface area contributed by atoms with Crippen LogP contribution < -0.4 is 10.1 Å². The van der Waals surface area contributed by atoms with Crippen molar-refractivity contribution in [1.29, 1.82) is 0 Å². The molecule has 2 rings (SSSR count). The summed E-state index contributed by atoms with van der Waals surface area (Å²) in [5.74, 6) is 0.299. The summed E-state index contributed by atoms with van der Waals surface area (Å²) in [6.45, 7) is 2.83. The van der Waals surface area contributed by atoms with Crippen LogP contribution in [-0.2, 0) is 4.79 Å². The van der Waals surface area contributed by atoms with Gasteiger partial charge in [-0.2, -0.15) is 4.98 Å². The Morgan fingerprint density at radius 1 is 1.60 bits per heavy atom. The zero-order valence-corrected chi connectivity index (χ0v) is 11.7. The lowest BCUT2D eigenvalue weighted by Gasteiger charge is -2.42. The Bertz CT molecular complexity index is 463. The maximum atomic E-state index is 10.8. The minimum Gasteiger partial charge on any atom is -0.481 e. The summed E-state index contributed by atoms with van der Waals surface area (Å²) in [4.78, 5) is 21.1. The van der Waals surface area contributed by atoms with Crippen LogP contribution in [0.3, 0.4) is 0 Å². The van der Waals surface area contributed by atoms with E-state index in [0.29, 0.717) is 17.9 Å². The van der Waals surface area contributed by atoms with Gasteiger partial charge in [0.25, 0.3) is 0 Å². The first-order chi connectivity index (χ1) is 9.62. The molecule has 20 heavy (non-hydrogen) atoms. The number of carbonyl (C=O) groups is 1. The van der Waals surface area contributed by atoms with Crippen molar-refractivity contribution in [3.05, 3.63) is 12.3 Å². The fraction of sp³-hybridized carbons (Fsp3) is 0.615. The molecule has 1 aromatic heterocycles. The normalized spacial score (nSPS) is 21.4. The van der Waals surface area contributed by atoms with Crippen molar-refractivity contribution in [3.8, 4) is 5.88 Å². The van der Waals surface area contributed by atoms with Crippen LogP contribution in [0.25, 0.3) is 0 Å². The smallest absolute Gasteiger partial charge is 0.317 e. The number of hydrogen-bond acceptors (Lipinski definition) is 6. The Labute approximate surface area is 118 Å². The second-order valence-corrected chi connectivity index (χ2v) is 4.85. The van der Waals surface area contributed by atoms with Gasteiger partial charge < -0.3 is 15.2 Å². The molecule has 1 fully saturated rings. The topological polar surface area (TPSA) is 87.6 Å². The Kier molecular flexibility index (Phi) is 4.73. The van der Waals surface area contributed by atoms with Gasteiger partial charge in [-0.3, -0.25) is 9.69 Å². The lowest BCUT2D eigenvalue weighted by atomic mass is 9.85. The molecule has 0 atom stereocenters. The van der Waals surface area contributed by atoms with Crippen LogP contribution in [-0.4, -0.2) is 58.2 Å². The van der Waals surface area contributed by atoms with E-state index >= 15 is 0 Å². The van der Waals surface area contributed by atoms with Crippen LogP contribution in [0.1, 0.15) is 19.8 Å². The van der Waals surface area contributed by atoms with Crippen LogP contribution >= 0.6 is 0 Å².